The van der Waals surface area contributed by atoms with Crippen LogP contribution in [0.2, 0.25) is 0 Å². The topological polar surface area (TPSA) is 56.5 Å². The van der Waals surface area contributed by atoms with Crippen molar-refractivity contribution in [2.24, 2.45) is 5.84 Å². The number of hydrazine groups is 1. The van der Waals surface area contributed by atoms with Crippen molar-refractivity contribution in [1.29, 1.82) is 0 Å². The summed E-state index contributed by atoms with van der Waals surface area (Å²) in [6, 6.07) is -0.522. The Balaban J connectivity index is 3.84. The molecule has 0 spiro atoms. The molecule has 1 unspecified atom stereocenters. The molecule has 4 nitrogen and oxygen atoms in total. The Hall–Kier alpha value is -0.440. The molecule has 0 aliphatic heterocycles. The van der Waals surface area contributed by atoms with E-state index in [2.05, 4.69) is 10.2 Å². The fourth-order valence-corrected chi connectivity index (χ4v) is 0.853. The molecule has 0 saturated carbocycles. The monoisotopic (exact) mass is 262 g/mol. The van der Waals surface area contributed by atoms with Crippen LogP contribution in [-0.2, 0) is 9.47 Å². The van der Waals surface area contributed by atoms with Crippen LogP contribution >= 0.6 is 0 Å². The lowest BCUT2D eigenvalue weighted by molar-refractivity contribution is -0.168. The Bertz CT molecular complexity index is 205. The molecule has 0 aliphatic rings. The largest absolute Gasteiger partial charge is 0.377 e. The van der Waals surface area contributed by atoms with Crippen LogP contribution < -0.4 is 11.3 Å². The molecule has 17 heavy (non-hydrogen) atoms. The number of rotatable bonds is 9. The first-order valence-electron chi connectivity index (χ1n) is 5.11. The molecule has 3 N–H and O–H groups in total. The van der Waals surface area contributed by atoms with E-state index in [1.165, 1.54) is 0 Å². The number of nitrogens with one attached hydrogen (secondary N) is 1. The second kappa shape index (κ2) is 7.80. The van der Waals surface area contributed by atoms with Gasteiger partial charge in [0.05, 0.1) is 25.4 Å². The van der Waals surface area contributed by atoms with Gasteiger partial charge in [-0.1, -0.05) is 0 Å². The molecular weight excluding hydrogens is 244 g/mol. The highest BCUT2D eigenvalue weighted by Gasteiger charge is 2.41. The van der Waals surface area contributed by atoms with Crippen LogP contribution in [0, 0.1) is 0 Å². The summed E-state index contributed by atoms with van der Waals surface area (Å²) < 4.78 is 58.1. The van der Waals surface area contributed by atoms with Crippen molar-refractivity contribution in [3.05, 3.63) is 0 Å². The summed E-state index contributed by atoms with van der Waals surface area (Å²) in [4.78, 5) is 0. The average Bonchev–Trinajstić information content (AvgIpc) is 2.22. The zero-order valence-electron chi connectivity index (χ0n) is 9.76. The van der Waals surface area contributed by atoms with Crippen molar-refractivity contribution in [2.75, 3.05) is 19.8 Å². The van der Waals surface area contributed by atoms with Crippen LogP contribution in [0.1, 0.15) is 13.8 Å². The van der Waals surface area contributed by atoms with Crippen LogP contribution in [0.3, 0.4) is 0 Å². The van der Waals surface area contributed by atoms with E-state index in [-0.39, 0.29) is 19.3 Å². The van der Waals surface area contributed by atoms with Gasteiger partial charge in [-0.05, 0) is 13.8 Å². The van der Waals surface area contributed by atoms with E-state index >= 15 is 0 Å². The van der Waals surface area contributed by atoms with Crippen LogP contribution in [0.15, 0.2) is 0 Å². The number of hydrogen-bond donors (Lipinski definition) is 2. The van der Waals surface area contributed by atoms with Crippen LogP contribution in [0.25, 0.3) is 0 Å². The zero-order valence-corrected chi connectivity index (χ0v) is 9.76. The second-order valence-electron chi connectivity index (χ2n) is 3.82. The summed E-state index contributed by atoms with van der Waals surface area (Å²) in [5.41, 5.74) is 2.29. The Morgan fingerprint density at radius 3 is 2.24 bits per heavy atom. The molecule has 0 heterocycles. The zero-order chi connectivity index (χ0) is 13.5. The quantitative estimate of drug-likeness (QED) is 0.372. The number of nitrogens with two attached hydrogens (primary N) is 1. The van der Waals surface area contributed by atoms with E-state index in [4.69, 9.17) is 10.6 Å². The summed E-state index contributed by atoms with van der Waals surface area (Å²) in [5, 5.41) is 0. The molecule has 0 aromatic rings. The highest BCUT2D eigenvalue weighted by atomic mass is 19.3. The first-order valence-corrected chi connectivity index (χ1v) is 5.11. The van der Waals surface area contributed by atoms with Crippen LogP contribution in [0.4, 0.5) is 17.6 Å². The number of halogens is 4. The fourth-order valence-electron chi connectivity index (χ4n) is 0.853. The highest BCUT2D eigenvalue weighted by molar-refractivity contribution is 4.69. The van der Waals surface area contributed by atoms with Gasteiger partial charge in [-0.2, -0.15) is 8.78 Å². The molecule has 0 rings (SSSR count). The van der Waals surface area contributed by atoms with Crippen LogP contribution in [0.5, 0.6) is 0 Å². The molecule has 0 fully saturated rings. The van der Waals surface area contributed by atoms with E-state index in [0.717, 1.165) is 0 Å². The minimum atomic E-state index is -4.14. The standard InChI is InChI=1S/C9H18F4N2O2/c1-6(2)17-4-7(15-14)3-16-5-9(12,13)8(10)11/h6-8,15H,3-5,14H2,1-2H3. The van der Waals surface area contributed by atoms with E-state index in [1.54, 1.807) is 13.8 Å². The predicted octanol–water partition coefficient (Wildman–Crippen LogP) is 1.16. The molecule has 0 saturated heterocycles. The van der Waals surface area contributed by atoms with Gasteiger partial charge < -0.3 is 9.47 Å². The van der Waals surface area contributed by atoms with Crippen molar-refractivity contribution in [3.63, 3.8) is 0 Å². The van der Waals surface area contributed by atoms with Gasteiger partial charge in [0.1, 0.15) is 6.61 Å². The fraction of sp³-hybridized carbons (Fsp3) is 1.00. The SMILES string of the molecule is CC(C)OCC(COCC(F)(F)C(F)F)NN. The Kier molecular flexibility index (Phi) is 7.60. The lowest BCUT2D eigenvalue weighted by Gasteiger charge is -2.20. The van der Waals surface area contributed by atoms with Gasteiger partial charge in [0.2, 0.25) is 0 Å². The Morgan fingerprint density at radius 1 is 1.24 bits per heavy atom. The van der Waals surface area contributed by atoms with Gasteiger partial charge in [-0.25, -0.2) is 8.78 Å². The minimum absolute atomic E-state index is 0.0478. The van der Waals surface area contributed by atoms with Crippen molar-refractivity contribution >= 4 is 0 Å². The first kappa shape index (κ1) is 16.6. The Morgan fingerprint density at radius 2 is 1.82 bits per heavy atom. The maximum atomic E-state index is 12.5. The minimum Gasteiger partial charge on any atom is -0.377 e. The molecule has 0 radical (unpaired) electrons. The summed E-state index contributed by atoms with van der Waals surface area (Å²) in [6.07, 6.45) is -3.79. The summed E-state index contributed by atoms with van der Waals surface area (Å²) >= 11 is 0. The third-order valence-corrected chi connectivity index (χ3v) is 1.80. The molecule has 0 amide bonds. The average molecular weight is 262 g/mol. The van der Waals surface area contributed by atoms with Crippen molar-refractivity contribution in [3.8, 4) is 0 Å². The second-order valence-corrected chi connectivity index (χ2v) is 3.82. The van der Waals surface area contributed by atoms with E-state index in [0.29, 0.717) is 0 Å². The molecular formula is C9H18F4N2O2. The van der Waals surface area contributed by atoms with Gasteiger partial charge in [0.15, 0.2) is 0 Å². The van der Waals surface area contributed by atoms with Gasteiger partial charge in [-0.15, -0.1) is 0 Å². The molecule has 0 bridgehead atoms. The number of ether oxygens (including phenoxy) is 2. The van der Waals surface area contributed by atoms with Gasteiger partial charge >= 0.3 is 12.3 Å². The maximum absolute atomic E-state index is 12.5. The molecule has 0 aromatic heterocycles. The van der Waals surface area contributed by atoms with E-state index < -0.39 is 25.0 Å². The third-order valence-electron chi connectivity index (χ3n) is 1.80. The third kappa shape index (κ3) is 7.48. The summed E-state index contributed by atoms with van der Waals surface area (Å²) in [7, 11) is 0. The van der Waals surface area contributed by atoms with Crippen molar-refractivity contribution in [1.82, 2.24) is 5.43 Å². The van der Waals surface area contributed by atoms with Gasteiger partial charge in [0.25, 0.3) is 0 Å². The molecule has 0 aromatic carbocycles. The lowest BCUT2D eigenvalue weighted by Crippen LogP contribution is -2.44. The van der Waals surface area contributed by atoms with Crippen molar-refractivity contribution in [2.45, 2.75) is 38.3 Å². The van der Waals surface area contributed by atoms with E-state index in [9.17, 15) is 17.6 Å². The van der Waals surface area contributed by atoms with Gasteiger partial charge in [0, 0.05) is 0 Å². The number of alkyl halides is 4. The van der Waals surface area contributed by atoms with E-state index in [1.807, 2.05) is 0 Å². The smallest absolute Gasteiger partial charge is 0.330 e. The van der Waals surface area contributed by atoms with Crippen molar-refractivity contribution < 1.29 is 27.0 Å². The van der Waals surface area contributed by atoms with Crippen LogP contribution in [-0.4, -0.2) is 44.3 Å². The normalized spacial score (nSPS) is 14.6. The summed E-state index contributed by atoms with van der Waals surface area (Å²) in [6.45, 7) is 2.16. The maximum Gasteiger partial charge on any atom is 0.330 e. The lowest BCUT2D eigenvalue weighted by atomic mass is 10.3. The Labute approximate surface area is 97.4 Å². The van der Waals surface area contributed by atoms with Gasteiger partial charge in [-0.3, -0.25) is 11.3 Å². The number of hydrogen-bond acceptors (Lipinski definition) is 4. The highest BCUT2D eigenvalue weighted by Crippen LogP contribution is 2.22. The molecule has 1 atom stereocenters. The molecule has 104 valence electrons. The molecule has 8 heteroatoms. The summed E-state index contributed by atoms with van der Waals surface area (Å²) in [5.74, 6) is 0.982. The molecule has 0 aliphatic carbocycles. The first-order chi connectivity index (χ1) is 7.79. The predicted molar refractivity (Wildman–Crippen MR) is 54.0 cm³/mol.